The van der Waals surface area contributed by atoms with E-state index in [4.69, 9.17) is 14.2 Å². The van der Waals surface area contributed by atoms with Crippen LogP contribution >= 0.6 is 0 Å². The Morgan fingerprint density at radius 1 is 0.744 bits per heavy atom. The number of esters is 1. The van der Waals surface area contributed by atoms with Gasteiger partial charge in [-0.3, -0.25) is 4.79 Å². The largest absolute Gasteiger partial charge is 0.467 e. The summed E-state index contributed by atoms with van der Waals surface area (Å²) < 4.78 is 15.9. The van der Waals surface area contributed by atoms with Gasteiger partial charge in [0.15, 0.2) is 6.04 Å². The fraction of sp³-hybridized carbons (Fsp3) is 0.323. The fourth-order valence-corrected chi connectivity index (χ4v) is 3.81. The predicted molar refractivity (Wildman–Crippen MR) is 149 cm³/mol. The zero-order valence-electron chi connectivity index (χ0n) is 22.8. The van der Waals surface area contributed by atoms with Crippen LogP contribution in [0.2, 0.25) is 0 Å². The van der Waals surface area contributed by atoms with Gasteiger partial charge in [0.2, 0.25) is 5.91 Å². The molecule has 0 radical (unpaired) electrons. The van der Waals surface area contributed by atoms with Gasteiger partial charge in [0, 0.05) is 6.42 Å². The normalized spacial score (nSPS) is 12.6. The van der Waals surface area contributed by atoms with Gasteiger partial charge >= 0.3 is 12.1 Å². The average molecular weight is 533 g/mol. The Labute approximate surface area is 229 Å². The molecule has 0 unspecified atom stereocenters. The maximum Gasteiger partial charge on any atom is 0.408 e. The van der Waals surface area contributed by atoms with Gasteiger partial charge < -0.3 is 24.8 Å². The molecule has 0 aliphatic carbocycles. The van der Waals surface area contributed by atoms with Gasteiger partial charge in [0.05, 0.1) is 20.3 Å². The number of alkyl carbamates (subject to hydrolysis) is 1. The lowest BCUT2D eigenvalue weighted by molar-refractivity contribution is -0.147. The van der Waals surface area contributed by atoms with Crippen molar-refractivity contribution in [3.05, 3.63) is 96.1 Å². The molecule has 206 valence electrons. The van der Waals surface area contributed by atoms with Crippen LogP contribution in [-0.2, 0) is 36.8 Å². The van der Waals surface area contributed by atoms with E-state index in [2.05, 4.69) is 10.6 Å². The number of amides is 2. The molecule has 0 aliphatic heterocycles. The van der Waals surface area contributed by atoms with E-state index in [9.17, 15) is 14.4 Å². The van der Waals surface area contributed by atoms with Crippen LogP contribution in [-0.4, -0.2) is 49.4 Å². The molecule has 3 aromatic rings. The third-order valence-corrected chi connectivity index (χ3v) is 5.71. The summed E-state index contributed by atoms with van der Waals surface area (Å²) in [5.41, 5.74) is 3.10. The minimum absolute atomic E-state index is 0.0990. The summed E-state index contributed by atoms with van der Waals surface area (Å²) in [6.07, 6.45) is -0.558. The zero-order chi connectivity index (χ0) is 28.3. The number of ether oxygens (including phenoxy) is 3. The Morgan fingerprint density at radius 2 is 1.33 bits per heavy atom. The second-order valence-electron chi connectivity index (χ2n) is 10.1. The molecule has 0 aliphatic rings. The first-order valence-electron chi connectivity index (χ1n) is 12.8. The van der Waals surface area contributed by atoms with E-state index in [0.29, 0.717) is 0 Å². The molecular weight excluding hydrogens is 496 g/mol. The van der Waals surface area contributed by atoms with Crippen molar-refractivity contribution in [2.24, 2.45) is 0 Å². The van der Waals surface area contributed by atoms with Crippen molar-refractivity contribution in [2.45, 2.75) is 51.5 Å². The van der Waals surface area contributed by atoms with Crippen molar-refractivity contribution in [2.75, 3.05) is 13.7 Å². The average Bonchev–Trinajstić information content (AvgIpc) is 2.92. The van der Waals surface area contributed by atoms with E-state index in [1.807, 2.05) is 84.9 Å². The van der Waals surface area contributed by atoms with Crippen molar-refractivity contribution in [3.8, 4) is 11.1 Å². The minimum atomic E-state index is -1.06. The second-order valence-corrected chi connectivity index (χ2v) is 10.1. The highest BCUT2D eigenvalue weighted by molar-refractivity contribution is 5.90. The van der Waals surface area contributed by atoms with Gasteiger partial charge in [0.1, 0.15) is 11.6 Å². The number of hydrogen-bond acceptors (Lipinski definition) is 6. The van der Waals surface area contributed by atoms with Gasteiger partial charge in [-0.1, -0.05) is 84.9 Å². The smallest absolute Gasteiger partial charge is 0.408 e. The van der Waals surface area contributed by atoms with E-state index in [1.165, 1.54) is 7.11 Å². The molecule has 8 heteroatoms. The van der Waals surface area contributed by atoms with Crippen LogP contribution in [0.1, 0.15) is 31.9 Å². The lowest BCUT2D eigenvalue weighted by Gasteiger charge is -2.25. The van der Waals surface area contributed by atoms with Gasteiger partial charge in [0.25, 0.3) is 0 Å². The highest BCUT2D eigenvalue weighted by Gasteiger charge is 2.29. The molecule has 0 spiro atoms. The van der Waals surface area contributed by atoms with Crippen molar-refractivity contribution >= 4 is 18.0 Å². The molecule has 2 atom stereocenters. The van der Waals surface area contributed by atoms with Crippen LogP contribution < -0.4 is 10.6 Å². The maximum absolute atomic E-state index is 13.4. The minimum Gasteiger partial charge on any atom is -0.467 e. The molecule has 0 heterocycles. The van der Waals surface area contributed by atoms with Crippen molar-refractivity contribution in [3.63, 3.8) is 0 Å². The Bertz CT molecular complexity index is 1210. The van der Waals surface area contributed by atoms with Gasteiger partial charge in [-0.05, 0) is 43.0 Å². The van der Waals surface area contributed by atoms with Crippen molar-refractivity contribution < 1.29 is 28.6 Å². The van der Waals surface area contributed by atoms with Crippen LogP contribution in [0.3, 0.4) is 0 Å². The molecule has 8 nitrogen and oxygen atoms in total. The van der Waals surface area contributed by atoms with E-state index in [-0.39, 0.29) is 19.6 Å². The molecular formula is C31H36N2O6. The molecule has 39 heavy (non-hydrogen) atoms. The third kappa shape index (κ3) is 9.90. The molecule has 3 aromatic carbocycles. The van der Waals surface area contributed by atoms with Crippen LogP contribution in [0.5, 0.6) is 0 Å². The van der Waals surface area contributed by atoms with Crippen molar-refractivity contribution in [1.82, 2.24) is 10.6 Å². The highest BCUT2D eigenvalue weighted by Crippen LogP contribution is 2.20. The Hall–Kier alpha value is -4.17. The first kappa shape index (κ1) is 29.4. The number of carbonyl (C=O) groups is 3. The third-order valence-electron chi connectivity index (χ3n) is 5.71. The summed E-state index contributed by atoms with van der Waals surface area (Å²) in [7, 11) is 1.24. The molecule has 2 amide bonds. The Kier molecular flexibility index (Phi) is 10.6. The number of nitrogens with one attached hydrogen (secondary N) is 2. The van der Waals surface area contributed by atoms with Crippen LogP contribution in [0, 0.1) is 0 Å². The molecule has 0 fully saturated rings. The molecule has 0 saturated heterocycles. The van der Waals surface area contributed by atoms with E-state index < -0.39 is 35.7 Å². The molecule has 0 aromatic heterocycles. The summed E-state index contributed by atoms with van der Waals surface area (Å²) in [5, 5.41) is 5.32. The van der Waals surface area contributed by atoms with E-state index in [1.54, 1.807) is 20.8 Å². The van der Waals surface area contributed by atoms with Crippen LogP contribution in [0.15, 0.2) is 84.9 Å². The van der Waals surface area contributed by atoms with Gasteiger partial charge in [-0.2, -0.15) is 0 Å². The van der Waals surface area contributed by atoms with E-state index in [0.717, 1.165) is 22.3 Å². The quantitative estimate of drug-likeness (QED) is 0.348. The zero-order valence-corrected chi connectivity index (χ0v) is 22.8. The highest BCUT2D eigenvalue weighted by atomic mass is 16.6. The number of benzene rings is 3. The monoisotopic (exact) mass is 532 g/mol. The summed E-state index contributed by atoms with van der Waals surface area (Å²) in [4.78, 5) is 38.4. The summed E-state index contributed by atoms with van der Waals surface area (Å²) >= 11 is 0. The second kappa shape index (κ2) is 14.1. The van der Waals surface area contributed by atoms with Gasteiger partial charge in [-0.15, -0.1) is 0 Å². The molecule has 3 rings (SSSR count). The molecule has 0 saturated carbocycles. The molecule has 0 bridgehead atoms. The topological polar surface area (TPSA) is 103 Å². The lowest BCUT2D eigenvalue weighted by atomic mass is 10.00. The fourth-order valence-electron chi connectivity index (χ4n) is 3.81. The predicted octanol–water partition coefficient (Wildman–Crippen LogP) is 4.66. The van der Waals surface area contributed by atoms with Gasteiger partial charge in [-0.25, -0.2) is 9.59 Å². The summed E-state index contributed by atoms with van der Waals surface area (Å²) in [6, 6.07) is 25.0. The number of hydrogen-bond donors (Lipinski definition) is 2. The molecule has 2 N–H and O–H groups in total. The van der Waals surface area contributed by atoms with Crippen molar-refractivity contribution in [1.29, 1.82) is 0 Å². The number of carbonyl (C=O) groups excluding carboxylic acids is 3. The first-order chi connectivity index (χ1) is 18.6. The van der Waals surface area contributed by atoms with Crippen LogP contribution in [0.25, 0.3) is 11.1 Å². The Balaban J connectivity index is 1.72. The summed E-state index contributed by atoms with van der Waals surface area (Å²) in [5.74, 6) is -1.22. The standard InChI is InChI=1S/C31H36N2O6/c1-31(2,3)39-30(36)33-26(19-22-15-17-25(18-16-22)24-13-9-6-10-14-24)28(34)32-27(29(35)37-4)21-38-20-23-11-7-5-8-12-23/h5-18,26-27H,19-21H2,1-4H3,(H,32,34)(H,33,36)/t26-,27-/m0/s1. The number of methoxy groups -OCH3 is 1. The number of rotatable bonds is 11. The van der Waals surface area contributed by atoms with Crippen LogP contribution in [0.4, 0.5) is 4.79 Å². The summed E-state index contributed by atoms with van der Waals surface area (Å²) in [6.45, 7) is 5.37. The van der Waals surface area contributed by atoms with E-state index >= 15 is 0 Å². The lowest BCUT2D eigenvalue weighted by Crippen LogP contribution is -2.54. The maximum atomic E-state index is 13.4. The Morgan fingerprint density at radius 3 is 1.92 bits per heavy atom. The first-order valence-corrected chi connectivity index (χ1v) is 12.8. The SMILES string of the molecule is COC(=O)[C@H](COCc1ccccc1)NC(=O)[C@H](Cc1ccc(-c2ccccc2)cc1)NC(=O)OC(C)(C)C.